The van der Waals surface area contributed by atoms with Crippen LogP contribution >= 0.6 is 0 Å². The minimum atomic E-state index is -1.32. The maximum absolute atomic E-state index is 12.7. The number of amides is 2. The SMILES string of the molecule is C=C(C(=O)NC(CNC(=O)c1ccc2c(cnn2CCCNc2ccccn2)c1)C(=O)O)c1ccccc1. The van der Waals surface area contributed by atoms with E-state index in [0.29, 0.717) is 17.7 Å². The zero-order chi connectivity index (χ0) is 26.9. The standard InChI is InChI=1S/C28H28N6O4/c1-19(20-8-3-2-4-9-20)26(35)33-23(28(37)38)18-31-27(36)21-11-12-24-22(16-21)17-32-34(24)15-7-14-30-25-10-5-6-13-29-25/h2-6,8-13,16-17,23H,1,7,14-15,18H2,(H,29,30)(H,31,36)(H,33,35)(H,37,38). The number of benzene rings is 2. The van der Waals surface area contributed by atoms with Crippen molar-refractivity contribution in [2.45, 2.75) is 19.0 Å². The summed E-state index contributed by atoms with van der Waals surface area (Å²) in [5.74, 6) is -1.53. The summed E-state index contributed by atoms with van der Waals surface area (Å²) in [6.07, 6.45) is 4.25. The molecule has 0 saturated heterocycles. The molecule has 2 heterocycles. The van der Waals surface area contributed by atoms with Crippen molar-refractivity contribution >= 4 is 40.1 Å². The van der Waals surface area contributed by atoms with E-state index in [2.05, 4.69) is 32.6 Å². The Hall–Kier alpha value is -4.99. The quantitative estimate of drug-likeness (QED) is 0.169. The zero-order valence-electron chi connectivity index (χ0n) is 20.6. The highest BCUT2D eigenvalue weighted by molar-refractivity contribution is 6.19. The van der Waals surface area contributed by atoms with Crippen LogP contribution < -0.4 is 16.0 Å². The molecule has 194 valence electrons. The summed E-state index contributed by atoms with van der Waals surface area (Å²) < 4.78 is 1.87. The molecule has 2 aromatic carbocycles. The van der Waals surface area contributed by atoms with Gasteiger partial charge in [-0.25, -0.2) is 9.78 Å². The second-order valence-corrected chi connectivity index (χ2v) is 8.56. The molecule has 1 atom stereocenters. The average Bonchev–Trinajstić information content (AvgIpc) is 3.35. The van der Waals surface area contributed by atoms with E-state index in [9.17, 15) is 19.5 Å². The fraction of sp³-hybridized carbons (Fsp3) is 0.179. The summed E-state index contributed by atoms with van der Waals surface area (Å²) in [7, 11) is 0. The van der Waals surface area contributed by atoms with Gasteiger partial charge in [0.2, 0.25) is 0 Å². The third-order valence-corrected chi connectivity index (χ3v) is 5.89. The maximum Gasteiger partial charge on any atom is 0.328 e. The molecule has 0 aliphatic rings. The van der Waals surface area contributed by atoms with E-state index in [1.165, 1.54) is 0 Å². The highest BCUT2D eigenvalue weighted by Gasteiger charge is 2.23. The number of anilines is 1. The van der Waals surface area contributed by atoms with Crippen LogP contribution in [0.1, 0.15) is 22.3 Å². The Morgan fingerprint density at radius 2 is 1.79 bits per heavy atom. The molecule has 0 saturated carbocycles. The normalized spacial score (nSPS) is 11.5. The number of carboxylic acids is 1. The van der Waals surface area contributed by atoms with Crippen LogP contribution in [0.25, 0.3) is 16.5 Å². The summed E-state index contributed by atoms with van der Waals surface area (Å²) in [5.41, 5.74) is 1.96. The Morgan fingerprint density at radius 1 is 1.00 bits per heavy atom. The first-order valence-corrected chi connectivity index (χ1v) is 12.1. The molecular formula is C28H28N6O4. The van der Waals surface area contributed by atoms with E-state index in [-0.39, 0.29) is 12.1 Å². The van der Waals surface area contributed by atoms with Crippen molar-refractivity contribution in [1.82, 2.24) is 25.4 Å². The monoisotopic (exact) mass is 512 g/mol. The summed E-state index contributed by atoms with van der Waals surface area (Å²) in [4.78, 5) is 41.1. The van der Waals surface area contributed by atoms with Crippen molar-refractivity contribution in [3.8, 4) is 0 Å². The van der Waals surface area contributed by atoms with Crippen LogP contribution in [-0.2, 0) is 16.1 Å². The summed E-state index contributed by atoms with van der Waals surface area (Å²) in [6.45, 7) is 4.87. The number of carboxylic acid groups (broad SMARTS) is 1. The third kappa shape index (κ3) is 6.61. The first-order chi connectivity index (χ1) is 18.4. The highest BCUT2D eigenvalue weighted by Crippen LogP contribution is 2.17. The van der Waals surface area contributed by atoms with E-state index in [0.717, 1.165) is 29.7 Å². The molecule has 2 amide bonds. The summed E-state index contributed by atoms with van der Waals surface area (Å²) >= 11 is 0. The number of rotatable bonds is 12. The lowest BCUT2D eigenvalue weighted by molar-refractivity contribution is -0.140. The Balaban J connectivity index is 1.31. The molecular weight excluding hydrogens is 484 g/mol. The van der Waals surface area contributed by atoms with E-state index >= 15 is 0 Å². The van der Waals surface area contributed by atoms with Crippen LogP contribution in [0.15, 0.2) is 85.7 Å². The Bertz CT molecular complexity index is 1440. The number of nitrogens with zero attached hydrogens (tertiary/aromatic N) is 3. The molecule has 0 radical (unpaired) electrons. The molecule has 38 heavy (non-hydrogen) atoms. The fourth-order valence-corrected chi connectivity index (χ4v) is 3.83. The number of hydrogen-bond donors (Lipinski definition) is 4. The molecule has 2 aromatic heterocycles. The topological polar surface area (TPSA) is 138 Å². The van der Waals surface area contributed by atoms with Crippen LogP contribution in [0.2, 0.25) is 0 Å². The minimum absolute atomic E-state index is 0.137. The molecule has 4 N–H and O–H groups in total. The number of aryl methyl sites for hydroxylation is 1. The number of fused-ring (bicyclic) bond motifs is 1. The van der Waals surface area contributed by atoms with Gasteiger partial charge in [-0.15, -0.1) is 0 Å². The lowest BCUT2D eigenvalue weighted by atomic mass is 10.1. The fourth-order valence-electron chi connectivity index (χ4n) is 3.83. The second-order valence-electron chi connectivity index (χ2n) is 8.56. The van der Waals surface area contributed by atoms with Crippen molar-refractivity contribution in [3.63, 3.8) is 0 Å². The first-order valence-electron chi connectivity index (χ1n) is 12.1. The number of nitrogens with one attached hydrogen (secondary N) is 3. The largest absolute Gasteiger partial charge is 0.480 e. The van der Waals surface area contributed by atoms with Crippen LogP contribution in [0.4, 0.5) is 5.82 Å². The van der Waals surface area contributed by atoms with E-state index < -0.39 is 23.8 Å². The van der Waals surface area contributed by atoms with Crippen molar-refractivity contribution < 1.29 is 19.5 Å². The maximum atomic E-state index is 12.7. The van der Waals surface area contributed by atoms with Gasteiger partial charge in [0.15, 0.2) is 0 Å². The van der Waals surface area contributed by atoms with Gasteiger partial charge in [0, 0.05) is 42.4 Å². The number of aliphatic carboxylic acids is 1. The molecule has 0 spiro atoms. The van der Waals surface area contributed by atoms with Gasteiger partial charge in [-0.1, -0.05) is 43.0 Å². The molecule has 4 aromatic rings. The third-order valence-electron chi connectivity index (χ3n) is 5.89. The van der Waals surface area contributed by atoms with Gasteiger partial charge in [0.05, 0.1) is 11.7 Å². The lowest BCUT2D eigenvalue weighted by Crippen LogP contribution is -2.48. The zero-order valence-corrected chi connectivity index (χ0v) is 20.6. The number of pyridine rings is 1. The van der Waals surface area contributed by atoms with Crippen LogP contribution in [0.3, 0.4) is 0 Å². The van der Waals surface area contributed by atoms with Gasteiger partial charge in [-0.2, -0.15) is 5.10 Å². The Morgan fingerprint density at radius 3 is 2.53 bits per heavy atom. The van der Waals surface area contributed by atoms with E-state index in [4.69, 9.17) is 0 Å². The molecule has 0 aliphatic carbocycles. The summed E-state index contributed by atoms with van der Waals surface area (Å²) in [6, 6.07) is 18.3. The van der Waals surface area contributed by atoms with Crippen molar-refractivity contribution in [1.29, 1.82) is 0 Å². The van der Waals surface area contributed by atoms with Gasteiger partial charge >= 0.3 is 5.97 Å². The predicted molar refractivity (Wildman–Crippen MR) is 144 cm³/mol. The van der Waals surface area contributed by atoms with Crippen LogP contribution in [-0.4, -0.2) is 56.8 Å². The summed E-state index contributed by atoms with van der Waals surface area (Å²) in [5, 5.41) is 23.0. The van der Waals surface area contributed by atoms with E-state index in [1.54, 1.807) is 54.9 Å². The van der Waals surface area contributed by atoms with Crippen LogP contribution in [0.5, 0.6) is 0 Å². The van der Waals surface area contributed by atoms with Crippen LogP contribution in [0, 0.1) is 0 Å². The Labute approximate surface area is 219 Å². The van der Waals surface area contributed by atoms with Gasteiger partial charge in [-0.05, 0) is 42.3 Å². The van der Waals surface area contributed by atoms with Gasteiger partial charge in [0.1, 0.15) is 11.9 Å². The predicted octanol–water partition coefficient (Wildman–Crippen LogP) is 2.95. The first kappa shape index (κ1) is 26.1. The number of carbonyl (C=O) groups is 3. The molecule has 4 rings (SSSR count). The lowest BCUT2D eigenvalue weighted by Gasteiger charge is -2.16. The number of hydrogen-bond acceptors (Lipinski definition) is 6. The molecule has 10 heteroatoms. The molecule has 0 fully saturated rings. The van der Waals surface area contributed by atoms with Gasteiger partial charge < -0.3 is 21.1 Å². The number of carbonyl (C=O) groups excluding carboxylic acids is 2. The Kier molecular flexibility index (Phi) is 8.45. The van der Waals surface area contributed by atoms with Crippen molar-refractivity contribution in [3.05, 3.63) is 96.8 Å². The molecule has 10 nitrogen and oxygen atoms in total. The number of aromatic nitrogens is 3. The smallest absolute Gasteiger partial charge is 0.328 e. The van der Waals surface area contributed by atoms with E-state index in [1.807, 2.05) is 28.9 Å². The average molecular weight is 513 g/mol. The van der Waals surface area contributed by atoms with Gasteiger partial charge in [-0.3, -0.25) is 14.3 Å². The van der Waals surface area contributed by atoms with Crippen molar-refractivity contribution in [2.75, 3.05) is 18.4 Å². The molecule has 1 unspecified atom stereocenters. The highest BCUT2D eigenvalue weighted by atomic mass is 16.4. The second kappa shape index (κ2) is 12.3. The van der Waals surface area contributed by atoms with Gasteiger partial charge in [0.25, 0.3) is 11.8 Å². The molecule has 0 bridgehead atoms. The van der Waals surface area contributed by atoms with Crippen molar-refractivity contribution in [2.24, 2.45) is 0 Å². The minimum Gasteiger partial charge on any atom is -0.480 e. The molecule has 0 aliphatic heterocycles.